The second-order valence-electron chi connectivity index (χ2n) is 4.23. The fourth-order valence-electron chi connectivity index (χ4n) is 1.61. The predicted molar refractivity (Wildman–Crippen MR) is 70.5 cm³/mol. The van der Waals surface area contributed by atoms with Crippen LogP contribution >= 0.6 is 0 Å². The van der Waals surface area contributed by atoms with Crippen molar-refractivity contribution in [3.05, 3.63) is 40.9 Å². The van der Waals surface area contributed by atoms with Crippen LogP contribution in [0.15, 0.2) is 40.4 Å². The van der Waals surface area contributed by atoms with E-state index >= 15 is 0 Å². The van der Waals surface area contributed by atoms with Crippen molar-refractivity contribution < 1.29 is 8.42 Å². The minimum atomic E-state index is -3.92. The summed E-state index contributed by atoms with van der Waals surface area (Å²) in [5, 5.41) is 4.02. The Kier molecular flexibility index (Phi) is 3.43. The van der Waals surface area contributed by atoms with Gasteiger partial charge in [0.25, 0.3) is 10.0 Å². The number of aromatic nitrogens is 3. The average Bonchev–Trinajstić information content (AvgIpc) is 2.76. The quantitative estimate of drug-likeness (QED) is 0.872. The first-order chi connectivity index (χ1) is 8.92. The third-order valence-corrected chi connectivity index (χ3v) is 3.85. The van der Waals surface area contributed by atoms with Gasteiger partial charge in [0.2, 0.25) is 5.43 Å². The van der Waals surface area contributed by atoms with Crippen molar-refractivity contribution in [3.8, 4) is 0 Å². The highest BCUT2D eigenvalue weighted by molar-refractivity contribution is 7.92. The second-order valence-corrected chi connectivity index (χ2v) is 5.88. The molecule has 2 heterocycles. The molecule has 0 amide bonds. The Labute approximate surface area is 110 Å². The van der Waals surface area contributed by atoms with Gasteiger partial charge in [-0.25, -0.2) is 13.1 Å². The molecule has 2 N–H and O–H groups in total. The SMILES string of the molecule is CC(C)n1nccc1NS(=O)(=O)c1c[nH]ccc1=O. The molecule has 0 radical (unpaired) electrons. The lowest BCUT2D eigenvalue weighted by molar-refractivity contribution is 0.539. The van der Waals surface area contributed by atoms with Crippen LogP contribution in [-0.2, 0) is 10.0 Å². The summed E-state index contributed by atoms with van der Waals surface area (Å²) >= 11 is 0. The molecular formula is C11H14N4O3S. The number of hydrogen-bond acceptors (Lipinski definition) is 4. The van der Waals surface area contributed by atoms with Crippen LogP contribution in [0, 0.1) is 0 Å². The number of anilines is 1. The number of aromatic amines is 1. The minimum Gasteiger partial charge on any atom is -0.366 e. The van der Waals surface area contributed by atoms with Gasteiger partial charge in [-0.1, -0.05) is 0 Å². The lowest BCUT2D eigenvalue weighted by Gasteiger charge is -2.12. The van der Waals surface area contributed by atoms with Crippen LogP contribution in [0.3, 0.4) is 0 Å². The molecule has 0 saturated carbocycles. The molecule has 0 atom stereocenters. The van der Waals surface area contributed by atoms with Gasteiger partial charge in [-0.15, -0.1) is 0 Å². The van der Waals surface area contributed by atoms with Crippen molar-refractivity contribution >= 4 is 15.8 Å². The Morgan fingerprint density at radius 3 is 2.74 bits per heavy atom. The zero-order valence-corrected chi connectivity index (χ0v) is 11.3. The van der Waals surface area contributed by atoms with Gasteiger partial charge >= 0.3 is 0 Å². The number of rotatable bonds is 4. The van der Waals surface area contributed by atoms with Crippen molar-refractivity contribution in [2.45, 2.75) is 24.8 Å². The molecule has 0 fully saturated rings. The molecule has 0 aliphatic heterocycles. The fourth-order valence-corrected chi connectivity index (χ4v) is 2.71. The minimum absolute atomic E-state index is 0.00163. The number of hydrogen-bond donors (Lipinski definition) is 2. The van der Waals surface area contributed by atoms with Gasteiger partial charge in [-0.05, 0) is 13.8 Å². The standard InChI is InChI=1S/C11H14N4O3S/c1-8(2)15-11(4-6-13-15)14-19(17,18)10-7-12-5-3-9(10)16/h3-8,14H,1-2H3,(H,12,16). The van der Waals surface area contributed by atoms with E-state index in [4.69, 9.17) is 0 Å². The van der Waals surface area contributed by atoms with E-state index in [0.29, 0.717) is 5.82 Å². The van der Waals surface area contributed by atoms with Crippen LogP contribution < -0.4 is 10.2 Å². The van der Waals surface area contributed by atoms with Crippen molar-refractivity contribution in [1.29, 1.82) is 0 Å². The third-order valence-electron chi connectivity index (χ3n) is 2.48. The van der Waals surface area contributed by atoms with E-state index in [1.165, 1.54) is 23.1 Å². The van der Waals surface area contributed by atoms with Gasteiger partial charge in [0, 0.05) is 30.6 Å². The van der Waals surface area contributed by atoms with E-state index in [2.05, 4.69) is 14.8 Å². The molecule has 8 heteroatoms. The molecule has 0 aliphatic rings. The Bertz CT molecular complexity index is 730. The maximum Gasteiger partial charge on any atom is 0.268 e. The third kappa shape index (κ3) is 2.68. The van der Waals surface area contributed by atoms with Gasteiger partial charge in [0.15, 0.2) is 4.90 Å². The highest BCUT2D eigenvalue weighted by Gasteiger charge is 2.20. The van der Waals surface area contributed by atoms with Crippen molar-refractivity contribution in [2.24, 2.45) is 0 Å². The molecule has 0 unspecified atom stereocenters. The fraction of sp³-hybridized carbons (Fsp3) is 0.273. The first-order valence-electron chi connectivity index (χ1n) is 5.65. The molecule has 2 aromatic heterocycles. The summed E-state index contributed by atoms with van der Waals surface area (Å²) < 4.78 is 28.1. The molecule has 0 saturated heterocycles. The van der Waals surface area contributed by atoms with Crippen LogP contribution in [0.5, 0.6) is 0 Å². The molecular weight excluding hydrogens is 268 g/mol. The van der Waals surface area contributed by atoms with Crippen LogP contribution in [0.4, 0.5) is 5.82 Å². The van der Waals surface area contributed by atoms with Gasteiger partial charge in [0.1, 0.15) is 5.82 Å². The molecule has 19 heavy (non-hydrogen) atoms. The molecule has 0 aliphatic carbocycles. The Morgan fingerprint density at radius 1 is 1.37 bits per heavy atom. The normalized spacial score (nSPS) is 11.7. The monoisotopic (exact) mass is 282 g/mol. The molecule has 2 aromatic rings. The van der Waals surface area contributed by atoms with Crippen LogP contribution in [0.25, 0.3) is 0 Å². The zero-order valence-electron chi connectivity index (χ0n) is 10.5. The smallest absolute Gasteiger partial charge is 0.268 e. The topological polar surface area (TPSA) is 96.8 Å². The summed E-state index contributed by atoms with van der Waals surface area (Å²) in [4.78, 5) is 13.8. The van der Waals surface area contributed by atoms with E-state index < -0.39 is 15.5 Å². The van der Waals surface area contributed by atoms with Crippen LogP contribution in [0.2, 0.25) is 0 Å². The number of H-pyrrole nitrogens is 1. The molecule has 7 nitrogen and oxygen atoms in total. The highest BCUT2D eigenvalue weighted by Crippen LogP contribution is 2.16. The first kappa shape index (κ1) is 13.3. The van der Waals surface area contributed by atoms with E-state index in [0.717, 1.165) is 12.3 Å². The summed E-state index contributed by atoms with van der Waals surface area (Å²) in [5.74, 6) is 0.318. The summed E-state index contributed by atoms with van der Waals surface area (Å²) in [7, 11) is -3.92. The van der Waals surface area contributed by atoms with Gasteiger partial charge in [-0.2, -0.15) is 5.10 Å². The molecule has 0 spiro atoms. The van der Waals surface area contributed by atoms with Crippen LogP contribution in [-0.4, -0.2) is 23.2 Å². The van der Waals surface area contributed by atoms with E-state index in [1.807, 2.05) is 13.8 Å². The largest absolute Gasteiger partial charge is 0.366 e. The lowest BCUT2D eigenvalue weighted by Crippen LogP contribution is -2.22. The maximum absolute atomic E-state index is 12.1. The van der Waals surface area contributed by atoms with E-state index in [-0.39, 0.29) is 10.9 Å². The molecule has 2 rings (SSSR count). The molecule has 0 bridgehead atoms. The number of sulfonamides is 1. The summed E-state index contributed by atoms with van der Waals surface area (Å²) in [6, 6.07) is 2.70. The van der Waals surface area contributed by atoms with Crippen molar-refractivity contribution in [1.82, 2.24) is 14.8 Å². The Hall–Kier alpha value is -2.09. The first-order valence-corrected chi connectivity index (χ1v) is 7.13. The van der Waals surface area contributed by atoms with E-state index in [9.17, 15) is 13.2 Å². The number of nitrogens with zero attached hydrogens (tertiary/aromatic N) is 2. The average molecular weight is 282 g/mol. The maximum atomic E-state index is 12.1. The predicted octanol–water partition coefficient (Wildman–Crippen LogP) is 0.953. The molecule has 0 aromatic carbocycles. The Morgan fingerprint density at radius 2 is 2.11 bits per heavy atom. The summed E-state index contributed by atoms with van der Waals surface area (Å²) in [5.41, 5.74) is -0.568. The van der Waals surface area contributed by atoms with Crippen LogP contribution in [0.1, 0.15) is 19.9 Å². The second kappa shape index (κ2) is 4.88. The van der Waals surface area contributed by atoms with Crippen molar-refractivity contribution in [2.75, 3.05) is 4.72 Å². The zero-order chi connectivity index (χ0) is 14.0. The lowest BCUT2D eigenvalue weighted by atomic mass is 10.4. The van der Waals surface area contributed by atoms with Gasteiger partial charge in [0.05, 0.1) is 6.20 Å². The van der Waals surface area contributed by atoms with E-state index in [1.54, 1.807) is 0 Å². The van der Waals surface area contributed by atoms with Gasteiger partial charge in [-0.3, -0.25) is 9.52 Å². The highest BCUT2D eigenvalue weighted by atomic mass is 32.2. The van der Waals surface area contributed by atoms with Crippen molar-refractivity contribution in [3.63, 3.8) is 0 Å². The Balaban J connectivity index is 2.40. The van der Waals surface area contributed by atoms with Gasteiger partial charge < -0.3 is 4.98 Å². The molecule has 102 valence electrons. The number of pyridine rings is 1. The summed E-state index contributed by atoms with van der Waals surface area (Å²) in [6.45, 7) is 3.75. The summed E-state index contributed by atoms with van der Waals surface area (Å²) in [6.07, 6.45) is 4.02. The number of nitrogens with one attached hydrogen (secondary N) is 2.